The molecule has 0 aliphatic carbocycles. The molecule has 0 fully saturated rings. The number of hydrogen-bond donors (Lipinski definition) is 0. The van der Waals surface area contributed by atoms with E-state index in [0.29, 0.717) is 19.4 Å². The van der Waals surface area contributed by atoms with E-state index < -0.39 is 6.10 Å². The SMILES string of the molecule is CC/C=C\C/C=C\C/C=C\C/C=C\C/C=C\C/C=C\CCCOCC(COC(=O)CCCCCCCCC/C=C\C/C=C\C/C=C\CC)OC(=O)CCCCCCC/C=C\CCCCCC. The first-order valence-electron chi connectivity index (χ1n) is 27.1. The summed E-state index contributed by atoms with van der Waals surface area (Å²) in [6, 6.07) is 0. The van der Waals surface area contributed by atoms with Crippen LogP contribution in [0.4, 0.5) is 0 Å². The van der Waals surface area contributed by atoms with E-state index in [1.165, 1.54) is 70.6 Å². The molecular formula is C61H100O5. The van der Waals surface area contributed by atoms with Gasteiger partial charge in [0.15, 0.2) is 6.10 Å². The minimum atomic E-state index is -0.583. The van der Waals surface area contributed by atoms with E-state index >= 15 is 0 Å². The van der Waals surface area contributed by atoms with Crippen molar-refractivity contribution in [2.24, 2.45) is 0 Å². The molecule has 0 spiro atoms. The predicted octanol–water partition coefficient (Wildman–Crippen LogP) is 18.6. The van der Waals surface area contributed by atoms with Gasteiger partial charge >= 0.3 is 11.9 Å². The van der Waals surface area contributed by atoms with E-state index in [2.05, 4.69) is 142 Å². The molecule has 0 saturated carbocycles. The van der Waals surface area contributed by atoms with Gasteiger partial charge in [0, 0.05) is 19.4 Å². The summed E-state index contributed by atoms with van der Waals surface area (Å²) in [5.74, 6) is -0.457. The Morgan fingerprint density at radius 3 is 1.11 bits per heavy atom. The molecule has 66 heavy (non-hydrogen) atoms. The van der Waals surface area contributed by atoms with Crippen molar-refractivity contribution in [3.05, 3.63) is 122 Å². The molecular weight excluding hydrogens is 813 g/mol. The molecule has 1 unspecified atom stereocenters. The van der Waals surface area contributed by atoms with Gasteiger partial charge < -0.3 is 14.2 Å². The van der Waals surface area contributed by atoms with Crippen molar-refractivity contribution in [2.75, 3.05) is 19.8 Å². The first-order valence-corrected chi connectivity index (χ1v) is 27.1. The summed E-state index contributed by atoms with van der Waals surface area (Å²) in [6.45, 7) is 7.42. The second-order valence-electron chi connectivity index (χ2n) is 17.4. The van der Waals surface area contributed by atoms with Crippen LogP contribution in [0.3, 0.4) is 0 Å². The van der Waals surface area contributed by atoms with Gasteiger partial charge in [-0.3, -0.25) is 9.59 Å². The summed E-state index contributed by atoms with van der Waals surface area (Å²) in [6.07, 6.45) is 77.9. The summed E-state index contributed by atoms with van der Waals surface area (Å²) in [7, 11) is 0. The van der Waals surface area contributed by atoms with Crippen molar-refractivity contribution >= 4 is 11.9 Å². The normalized spacial score (nSPS) is 13.2. The lowest BCUT2D eigenvalue weighted by atomic mass is 10.1. The van der Waals surface area contributed by atoms with Crippen molar-refractivity contribution < 1.29 is 23.8 Å². The molecule has 0 aromatic carbocycles. The zero-order valence-electron chi connectivity index (χ0n) is 42.9. The summed E-state index contributed by atoms with van der Waals surface area (Å²) < 4.78 is 17.3. The smallest absolute Gasteiger partial charge is 0.306 e. The molecule has 0 aliphatic rings. The Morgan fingerprint density at radius 1 is 0.348 bits per heavy atom. The van der Waals surface area contributed by atoms with Crippen LogP contribution in [0.2, 0.25) is 0 Å². The average Bonchev–Trinajstić information content (AvgIpc) is 3.32. The molecule has 5 nitrogen and oxygen atoms in total. The molecule has 0 amide bonds. The van der Waals surface area contributed by atoms with Gasteiger partial charge in [0.05, 0.1) is 6.61 Å². The third-order valence-electron chi connectivity index (χ3n) is 11.0. The fraction of sp³-hybridized carbons (Fsp3) is 0.639. The summed E-state index contributed by atoms with van der Waals surface area (Å²) in [5.41, 5.74) is 0. The van der Waals surface area contributed by atoms with E-state index in [9.17, 15) is 9.59 Å². The van der Waals surface area contributed by atoms with Crippen molar-refractivity contribution in [1.82, 2.24) is 0 Å². The van der Waals surface area contributed by atoms with Crippen LogP contribution >= 0.6 is 0 Å². The third kappa shape index (κ3) is 52.9. The number of rotatable bonds is 48. The number of ether oxygens (including phenoxy) is 3. The molecule has 0 heterocycles. The van der Waals surface area contributed by atoms with Gasteiger partial charge in [0.25, 0.3) is 0 Å². The van der Waals surface area contributed by atoms with Crippen molar-refractivity contribution in [3.63, 3.8) is 0 Å². The monoisotopic (exact) mass is 913 g/mol. The Kier molecular flexibility index (Phi) is 52.5. The Morgan fingerprint density at radius 2 is 0.682 bits per heavy atom. The molecule has 0 radical (unpaired) electrons. The highest BCUT2D eigenvalue weighted by Crippen LogP contribution is 2.13. The van der Waals surface area contributed by atoms with Crippen LogP contribution in [0.1, 0.15) is 226 Å². The maximum absolute atomic E-state index is 12.8. The van der Waals surface area contributed by atoms with Gasteiger partial charge in [-0.1, -0.05) is 213 Å². The molecule has 0 aromatic heterocycles. The largest absolute Gasteiger partial charge is 0.462 e. The number of allylic oxidation sites excluding steroid dienone is 20. The van der Waals surface area contributed by atoms with E-state index in [1.54, 1.807) is 0 Å². The van der Waals surface area contributed by atoms with Crippen LogP contribution in [0.5, 0.6) is 0 Å². The number of carbonyl (C=O) groups is 2. The molecule has 0 aromatic rings. The molecule has 0 saturated heterocycles. The minimum absolute atomic E-state index is 0.0465. The van der Waals surface area contributed by atoms with Gasteiger partial charge in [0.2, 0.25) is 0 Å². The number of hydrogen-bond acceptors (Lipinski definition) is 5. The highest BCUT2D eigenvalue weighted by atomic mass is 16.6. The first kappa shape index (κ1) is 62.3. The summed E-state index contributed by atoms with van der Waals surface area (Å²) >= 11 is 0. The molecule has 5 heteroatoms. The van der Waals surface area contributed by atoms with Gasteiger partial charge in [-0.05, 0) is 122 Å². The lowest BCUT2D eigenvalue weighted by molar-refractivity contribution is -0.163. The van der Waals surface area contributed by atoms with E-state index in [-0.39, 0.29) is 25.2 Å². The van der Waals surface area contributed by atoms with Crippen LogP contribution in [-0.4, -0.2) is 37.9 Å². The van der Waals surface area contributed by atoms with Gasteiger partial charge in [-0.25, -0.2) is 0 Å². The van der Waals surface area contributed by atoms with Gasteiger partial charge in [-0.15, -0.1) is 0 Å². The molecule has 0 rings (SSSR count). The summed E-state index contributed by atoms with van der Waals surface area (Å²) in [4.78, 5) is 25.4. The fourth-order valence-corrected chi connectivity index (χ4v) is 7.01. The zero-order valence-corrected chi connectivity index (χ0v) is 42.9. The van der Waals surface area contributed by atoms with Crippen LogP contribution in [-0.2, 0) is 23.8 Å². The van der Waals surface area contributed by atoms with E-state index in [0.717, 1.165) is 122 Å². The summed E-state index contributed by atoms with van der Waals surface area (Å²) in [5, 5.41) is 0. The van der Waals surface area contributed by atoms with Crippen LogP contribution in [0.25, 0.3) is 0 Å². The Hall–Kier alpha value is -3.70. The highest BCUT2D eigenvalue weighted by molar-refractivity contribution is 5.70. The Labute approximate surface area is 407 Å². The highest BCUT2D eigenvalue weighted by Gasteiger charge is 2.17. The van der Waals surface area contributed by atoms with Crippen molar-refractivity contribution in [2.45, 2.75) is 232 Å². The Balaban J connectivity index is 4.41. The maximum atomic E-state index is 12.8. The number of esters is 2. The van der Waals surface area contributed by atoms with Crippen molar-refractivity contribution in [1.29, 1.82) is 0 Å². The van der Waals surface area contributed by atoms with Crippen LogP contribution < -0.4 is 0 Å². The second-order valence-corrected chi connectivity index (χ2v) is 17.4. The number of unbranched alkanes of at least 4 members (excludes halogenated alkanes) is 17. The van der Waals surface area contributed by atoms with Gasteiger partial charge in [0.1, 0.15) is 6.61 Å². The quantitative estimate of drug-likeness (QED) is 0.0346. The minimum Gasteiger partial charge on any atom is -0.462 e. The molecule has 0 N–H and O–H groups in total. The van der Waals surface area contributed by atoms with E-state index in [1.807, 2.05) is 0 Å². The van der Waals surface area contributed by atoms with Crippen molar-refractivity contribution in [3.8, 4) is 0 Å². The fourth-order valence-electron chi connectivity index (χ4n) is 7.01. The maximum Gasteiger partial charge on any atom is 0.306 e. The molecule has 0 bridgehead atoms. The zero-order chi connectivity index (χ0) is 47.7. The second kappa shape index (κ2) is 55.6. The number of carbonyl (C=O) groups excluding carboxylic acids is 2. The third-order valence-corrected chi connectivity index (χ3v) is 11.0. The lowest BCUT2D eigenvalue weighted by Gasteiger charge is -2.18. The standard InChI is InChI=1S/C61H100O5/c1-4-7-10-13-16-19-22-25-27-29-30-31-33-35-38-41-44-47-50-53-56-64-57-59(66-61(63)55-52-49-46-43-40-36-24-21-18-15-12-9-6-3)58-65-60(62)54-51-48-45-42-39-37-34-32-28-26-23-20-17-14-11-8-5-2/h7-8,10-11,16-17,19-21,24-28,30-31,35,38,44,47,59H,4-6,9,12-15,18,22-23,29,32-34,36-37,39-43,45-46,48-58H2,1-3H3/b10-7-,11-8-,19-16-,20-17-,24-21-,27-25-,28-26-,31-30-,38-35-,47-44-. The average molecular weight is 913 g/mol. The molecule has 374 valence electrons. The van der Waals surface area contributed by atoms with Crippen LogP contribution in [0.15, 0.2) is 122 Å². The van der Waals surface area contributed by atoms with E-state index in [4.69, 9.17) is 14.2 Å². The van der Waals surface area contributed by atoms with Gasteiger partial charge in [-0.2, -0.15) is 0 Å². The predicted molar refractivity (Wildman–Crippen MR) is 288 cm³/mol. The van der Waals surface area contributed by atoms with Crippen LogP contribution in [0, 0.1) is 0 Å². The topological polar surface area (TPSA) is 61.8 Å². The molecule has 1 atom stereocenters. The Bertz CT molecular complexity index is 1350. The first-order chi connectivity index (χ1) is 32.6. The molecule has 0 aliphatic heterocycles. The lowest BCUT2D eigenvalue weighted by Crippen LogP contribution is -2.30.